The molecular formula is C6H15N2+. The molecule has 0 bridgehead atoms. The highest BCUT2D eigenvalue weighted by molar-refractivity contribution is 5.58. The molecule has 0 rings (SSSR count). The van der Waals surface area contributed by atoms with Crippen LogP contribution in [0.15, 0.2) is 0 Å². The van der Waals surface area contributed by atoms with E-state index in [-0.39, 0.29) is 0 Å². The standard InChI is InChI=1S/C6H15N2/c1-6(5-7)8(2,3)4/h5-7H,1-4H3/q+1. The lowest BCUT2D eigenvalue weighted by molar-refractivity contribution is -0.882. The number of hydrogen-bond donors (Lipinski definition) is 1. The molecule has 0 radical (unpaired) electrons. The molecule has 1 atom stereocenters. The predicted molar refractivity (Wildman–Crippen MR) is 36.3 cm³/mol. The summed E-state index contributed by atoms with van der Waals surface area (Å²) in [6.45, 7) is 2.03. The van der Waals surface area contributed by atoms with E-state index in [0.717, 1.165) is 4.48 Å². The SMILES string of the molecule is CC(C=N)[N+](C)(C)C. The van der Waals surface area contributed by atoms with E-state index >= 15 is 0 Å². The van der Waals surface area contributed by atoms with Crippen LogP contribution in [0.4, 0.5) is 0 Å². The number of nitrogens with one attached hydrogen (secondary N) is 1. The Kier molecular flexibility index (Phi) is 2.16. The zero-order valence-corrected chi connectivity index (χ0v) is 6.10. The molecule has 0 aliphatic carbocycles. The fourth-order valence-corrected chi connectivity index (χ4v) is 0.224. The van der Waals surface area contributed by atoms with Gasteiger partial charge < -0.3 is 9.89 Å². The van der Waals surface area contributed by atoms with Gasteiger partial charge in [0.1, 0.15) is 6.04 Å². The summed E-state index contributed by atoms with van der Waals surface area (Å²) in [6.07, 6.45) is 1.47. The minimum Gasteiger partial charge on any atom is -0.324 e. The van der Waals surface area contributed by atoms with Gasteiger partial charge in [0.05, 0.1) is 27.4 Å². The molecule has 0 aliphatic rings. The van der Waals surface area contributed by atoms with Crippen molar-refractivity contribution in [2.24, 2.45) is 0 Å². The van der Waals surface area contributed by atoms with E-state index in [1.54, 1.807) is 0 Å². The molecule has 0 heterocycles. The van der Waals surface area contributed by atoms with Gasteiger partial charge >= 0.3 is 0 Å². The van der Waals surface area contributed by atoms with E-state index in [1.165, 1.54) is 6.21 Å². The monoisotopic (exact) mass is 115 g/mol. The largest absolute Gasteiger partial charge is 0.324 e. The molecule has 0 aliphatic heterocycles. The van der Waals surface area contributed by atoms with Crippen molar-refractivity contribution in [3.63, 3.8) is 0 Å². The van der Waals surface area contributed by atoms with Gasteiger partial charge in [0.25, 0.3) is 0 Å². The van der Waals surface area contributed by atoms with E-state index in [2.05, 4.69) is 21.1 Å². The Balaban J connectivity index is 3.80. The van der Waals surface area contributed by atoms with Crippen molar-refractivity contribution in [1.29, 1.82) is 5.41 Å². The molecule has 0 aromatic rings. The summed E-state index contributed by atoms with van der Waals surface area (Å²) in [5, 5.41) is 6.92. The van der Waals surface area contributed by atoms with E-state index < -0.39 is 0 Å². The van der Waals surface area contributed by atoms with Crippen molar-refractivity contribution in [2.45, 2.75) is 13.0 Å². The van der Waals surface area contributed by atoms with Crippen molar-refractivity contribution >= 4 is 6.21 Å². The van der Waals surface area contributed by atoms with Gasteiger partial charge in [-0.2, -0.15) is 0 Å². The first-order valence-corrected chi connectivity index (χ1v) is 2.80. The third-order valence-corrected chi connectivity index (χ3v) is 1.46. The molecule has 1 N–H and O–H groups in total. The molecule has 0 saturated heterocycles. The van der Waals surface area contributed by atoms with Crippen molar-refractivity contribution in [3.05, 3.63) is 0 Å². The maximum Gasteiger partial charge on any atom is 0.121 e. The van der Waals surface area contributed by atoms with Gasteiger partial charge in [-0.15, -0.1) is 0 Å². The van der Waals surface area contributed by atoms with Crippen molar-refractivity contribution in [3.8, 4) is 0 Å². The van der Waals surface area contributed by atoms with Crippen LogP contribution in [0.1, 0.15) is 6.92 Å². The maximum atomic E-state index is 6.92. The average molecular weight is 115 g/mol. The fourth-order valence-electron chi connectivity index (χ4n) is 0.224. The zero-order chi connectivity index (χ0) is 6.78. The highest BCUT2D eigenvalue weighted by Gasteiger charge is 2.13. The van der Waals surface area contributed by atoms with Crippen LogP contribution < -0.4 is 0 Å². The Morgan fingerprint density at radius 1 is 1.38 bits per heavy atom. The summed E-state index contributed by atoms with van der Waals surface area (Å²) < 4.78 is 0.837. The molecule has 2 nitrogen and oxygen atoms in total. The maximum absolute atomic E-state index is 6.92. The fraction of sp³-hybridized carbons (Fsp3) is 0.833. The summed E-state index contributed by atoms with van der Waals surface area (Å²) in [6, 6.07) is 0.329. The van der Waals surface area contributed by atoms with E-state index in [0.29, 0.717) is 6.04 Å². The lowest BCUT2D eigenvalue weighted by Crippen LogP contribution is -2.43. The second-order valence-electron chi connectivity index (χ2n) is 3.02. The van der Waals surface area contributed by atoms with Crippen LogP contribution in [0.25, 0.3) is 0 Å². The number of quaternary nitrogens is 1. The molecule has 0 aromatic carbocycles. The Hall–Kier alpha value is -0.370. The highest BCUT2D eigenvalue weighted by atomic mass is 15.3. The molecule has 2 heteroatoms. The zero-order valence-electron chi connectivity index (χ0n) is 6.10. The Bertz CT molecular complexity index is 81.0. The van der Waals surface area contributed by atoms with Crippen LogP contribution in [0.2, 0.25) is 0 Å². The van der Waals surface area contributed by atoms with E-state index in [9.17, 15) is 0 Å². The lowest BCUT2D eigenvalue weighted by Gasteiger charge is -2.28. The van der Waals surface area contributed by atoms with Gasteiger partial charge in [-0.25, -0.2) is 0 Å². The number of rotatable bonds is 2. The van der Waals surface area contributed by atoms with Crippen LogP contribution in [-0.2, 0) is 0 Å². The summed E-state index contributed by atoms with van der Waals surface area (Å²) in [5.74, 6) is 0. The Morgan fingerprint density at radius 3 is 1.75 bits per heavy atom. The smallest absolute Gasteiger partial charge is 0.121 e. The minimum atomic E-state index is 0.329. The molecule has 0 saturated carbocycles. The quantitative estimate of drug-likeness (QED) is 0.405. The summed E-state index contributed by atoms with van der Waals surface area (Å²) in [7, 11) is 6.24. The summed E-state index contributed by atoms with van der Waals surface area (Å²) in [4.78, 5) is 0. The van der Waals surface area contributed by atoms with Crippen LogP contribution in [0.3, 0.4) is 0 Å². The normalized spacial score (nSPS) is 15.5. The molecule has 48 valence electrons. The Morgan fingerprint density at radius 2 is 1.75 bits per heavy atom. The first-order chi connectivity index (χ1) is 3.48. The van der Waals surface area contributed by atoms with Gasteiger partial charge in [0, 0.05) is 0 Å². The highest BCUT2D eigenvalue weighted by Crippen LogP contribution is 1.96. The van der Waals surface area contributed by atoms with E-state index in [4.69, 9.17) is 5.41 Å². The first kappa shape index (κ1) is 7.63. The minimum absolute atomic E-state index is 0.329. The molecule has 0 aromatic heterocycles. The summed E-state index contributed by atoms with van der Waals surface area (Å²) in [5.41, 5.74) is 0. The Labute approximate surface area is 51.2 Å². The average Bonchev–Trinajstić information content (AvgIpc) is 1.62. The first-order valence-electron chi connectivity index (χ1n) is 2.80. The molecular weight excluding hydrogens is 100 g/mol. The van der Waals surface area contributed by atoms with Gasteiger partial charge in [-0.3, -0.25) is 0 Å². The number of nitrogens with zero attached hydrogens (tertiary/aromatic N) is 1. The third-order valence-electron chi connectivity index (χ3n) is 1.46. The molecule has 0 amide bonds. The molecule has 8 heavy (non-hydrogen) atoms. The van der Waals surface area contributed by atoms with Crippen molar-refractivity contribution in [2.75, 3.05) is 21.1 Å². The molecule has 0 fully saturated rings. The van der Waals surface area contributed by atoms with Gasteiger partial charge in [0.15, 0.2) is 0 Å². The predicted octanol–water partition coefficient (Wildman–Crippen LogP) is 0.731. The van der Waals surface area contributed by atoms with Gasteiger partial charge in [-0.05, 0) is 6.92 Å². The topological polar surface area (TPSA) is 23.9 Å². The van der Waals surface area contributed by atoms with Crippen LogP contribution in [-0.4, -0.2) is 37.9 Å². The van der Waals surface area contributed by atoms with Gasteiger partial charge in [0.2, 0.25) is 0 Å². The van der Waals surface area contributed by atoms with Crippen LogP contribution in [0.5, 0.6) is 0 Å². The van der Waals surface area contributed by atoms with Crippen LogP contribution >= 0.6 is 0 Å². The third kappa shape index (κ3) is 2.07. The number of hydrogen-bond acceptors (Lipinski definition) is 1. The molecule has 1 unspecified atom stereocenters. The summed E-state index contributed by atoms with van der Waals surface area (Å²) >= 11 is 0. The lowest BCUT2D eigenvalue weighted by atomic mass is 10.3. The van der Waals surface area contributed by atoms with Gasteiger partial charge in [-0.1, -0.05) is 0 Å². The van der Waals surface area contributed by atoms with Crippen LogP contribution in [0, 0.1) is 5.41 Å². The van der Waals surface area contributed by atoms with Crippen molar-refractivity contribution in [1.82, 2.24) is 0 Å². The second kappa shape index (κ2) is 2.27. The van der Waals surface area contributed by atoms with Crippen molar-refractivity contribution < 1.29 is 4.48 Å². The second-order valence-corrected chi connectivity index (χ2v) is 3.02. The van der Waals surface area contributed by atoms with E-state index in [1.807, 2.05) is 6.92 Å². The molecule has 0 spiro atoms.